The molecule has 0 saturated heterocycles. The van der Waals surface area contributed by atoms with E-state index in [2.05, 4.69) is 20.0 Å². The molecule has 210 valence electrons. The molecule has 4 aromatic heterocycles. The van der Waals surface area contributed by atoms with Crippen LogP contribution in [-0.2, 0) is 7.05 Å². The second kappa shape index (κ2) is 10.4. The number of amides is 1. The maximum atomic E-state index is 13.5. The number of nitrogens with one attached hydrogen (secondary N) is 1. The first-order valence-electron chi connectivity index (χ1n) is 12.5. The number of aryl methyl sites for hydroxylation is 1. The third-order valence-corrected chi connectivity index (χ3v) is 6.40. The fourth-order valence-electron chi connectivity index (χ4n) is 4.50. The van der Waals surface area contributed by atoms with Gasteiger partial charge in [0.05, 0.1) is 11.1 Å². The molecule has 1 N–H and O–H groups in total. The Morgan fingerprint density at radius 1 is 0.881 bits per heavy atom. The lowest BCUT2D eigenvalue weighted by molar-refractivity contribution is -0.274. The van der Waals surface area contributed by atoms with E-state index in [-0.39, 0.29) is 16.9 Å². The van der Waals surface area contributed by atoms with Crippen molar-refractivity contribution in [2.75, 3.05) is 5.32 Å². The Labute approximate surface area is 235 Å². The molecule has 9 nitrogen and oxygen atoms in total. The second-order valence-electron chi connectivity index (χ2n) is 9.21. The Morgan fingerprint density at radius 2 is 1.60 bits per heavy atom. The van der Waals surface area contributed by atoms with Crippen LogP contribution in [0.3, 0.4) is 0 Å². The zero-order chi connectivity index (χ0) is 29.4. The largest absolute Gasteiger partial charge is 0.573 e. The van der Waals surface area contributed by atoms with Crippen molar-refractivity contribution in [1.29, 1.82) is 0 Å². The lowest BCUT2D eigenvalue weighted by Crippen LogP contribution is -2.29. The number of alkyl halides is 3. The van der Waals surface area contributed by atoms with Crippen LogP contribution in [-0.4, -0.2) is 31.4 Å². The van der Waals surface area contributed by atoms with Crippen LogP contribution in [0.5, 0.6) is 17.2 Å². The van der Waals surface area contributed by atoms with E-state index in [4.69, 9.17) is 4.74 Å². The Morgan fingerprint density at radius 3 is 2.33 bits per heavy atom. The number of ether oxygens (including phenoxy) is 2. The smallest absolute Gasteiger partial charge is 0.457 e. The Bertz CT molecular complexity index is 2000. The summed E-state index contributed by atoms with van der Waals surface area (Å²) in [4.78, 5) is 35.4. The number of carbonyl (C=O) groups excluding carboxylic acids is 1. The molecule has 42 heavy (non-hydrogen) atoms. The number of fused-ring (bicyclic) bond motifs is 2. The highest BCUT2D eigenvalue weighted by molar-refractivity contribution is 6.05. The third-order valence-electron chi connectivity index (χ3n) is 6.40. The molecule has 0 radical (unpaired) electrons. The van der Waals surface area contributed by atoms with Gasteiger partial charge in [-0.2, -0.15) is 0 Å². The Balaban J connectivity index is 1.27. The fourth-order valence-corrected chi connectivity index (χ4v) is 4.50. The number of halogens is 3. The minimum absolute atomic E-state index is 0.185. The number of rotatable bonds is 6. The van der Waals surface area contributed by atoms with Crippen molar-refractivity contribution < 1.29 is 27.4 Å². The summed E-state index contributed by atoms with van der Waals surface area (Å²) >= 11 is 0. The van der Waals surface area contributed by atoms with Crippen molar-refractivity contribution in [3.8, 4) is 22.9 Å². The molecule has 0 bridgehead atoms. The number of hydrogen-bond acceptors (Lipinski definition) is 6. The molecule has 0 aliphatic heterocycles. The standard InChI is InChI=1S/C30H20F3N5O4/c1-37-16-13-23-25(12-15-35-27(23)37)41-21-8-4-19(5-9-21)36-28(39)24-17-18-3-2-14-34-26(18)38(29(24)40)20-6-10-22(11-7-20)42-30(31,32)33/h2-17H,1H3,(H,36,39). The molecule has 0 aliphatic carbocycles. The summed E-state index contributed by atoms with van der Waals surface area (Å²) in [5.74, 6) is 0.0301. The van der Waals surface area contributed by atoms with Crippen molar-refractivity contribution in [2.24, 2.45) is 7.05 Å². The van der Waals surface area contributed by atoms with Crippen molar-refractivity contribution in [2.45, 2.75) is 6.36 Å². The van der Waals surface area contributed by atoms with Crippen molar-refractivity contribution in [1.82, 2.24) is 19.1 Å². The van der Waals surface area contributed by atoms with Crippen LogP contribution in [0.1, 0.15) is 10.4 Å². The number of nitrogens with zero attached hydrogens (tertiary/aromatic N) is 4. The van der Waals surface area contributed by atoms with E-state index in [0.717, 1.165) is 27.7 Å². The van der Waals surface area contributed by atoms with Crippen molar-refractivity contribution >= 4 is 33.7 Å². The van der Waals surface area contributed by atoms with Gasteiger partial charge in [-0.1, -0.05) is 0 Å². The second-order valence-corrected chi connectivity index (χ2v) is 9.21. The summed E-state index contributed by atoms with van der Waals surface area (Å²) < 4.78 is 50.8. The molecule has 6 rings (SSSR count). The van der Waals surface area contributed by atoms with Gasteiger partial charge in [0.2, 0.25) is 0 Å². The van der Waals surface area contributed by atoms with Gasteiger partial charge >= 0.3 is 6.36 Å². The summed E-state index contributed by atoms with van der Waals surface area (Å²) in [5, 5.41) is 4.04. The molecule has 2 aromatic carbocycles. The quantitative estimate of drug-likeness (QED) is 0.255. The minimum Gasteiger partial charge on any atom is -0.457 e. The number of carbonyl (C=O) groups is 1. The predicted octanol–water partition coefficient (Wildman–Crippen LogP) is 6.22. The SMILES string of the molecule is Cn1ccc2c(Oc3ccc(NC(=O)c4cc5cccnc5n(-c5ccc(OC(F)(F)F)cc5)c4=O)cc3)ccnc21. The zero-order valence-corrected chi connectivity index (χ0v) is 21.8. The van der Waals surface area contributed by atoms with Crippen LogP contribution < -0.4 is 20.3 Å². The van der Waals surface area contributed by atoms with Gasteiger partial charge < -0.3 is 19.4 Å². The molecule has 4 heterocycles. The van der Waals surface area contributed by atoms with Crippen LogP contribution in [0.15, 0.2) is 102 Å². The van der Waals surface area contributed by atoms with E-state index in [1.807, 2.05) is 23.9 Å². The van der Waals surface area contributed by atoms with Gasteiger partial charge in [0.1, 0.15) is 34.1 Å². The normalized spacial score (nSPS) is 11.5. The van der Waals surface area contributed by atoms with Gasteiger partial charge in [0.15, 0.2) is 0 Å². The van der Waals surface area contributed by atoms with Crippen molar-refractivity contribution in [3.63, 3.8) is 0 Å². The molecular weight excluding hydrogens is 551 g/mol. The van der Waals surface area contributed by atoms with Gasteiger partial charge in [0.25, 0.3) is 11.5 Å². The van der Waals surface area contributed by atoms with Gasteiger partial charge in [-0.15, -0.1) is 13.2 Å². The van der Waals surface area contributed by atoms with E-state index in [0.29, 0.717) is 22.6 Å². The highest BCUT2D eigenvalue weighted by atomic mass is 19.4. The van der Waals surface area contributed by atoms with E-state index >= 15 is 0 Å². The monoisotopic (exact) mass is 571 g/mol. The molecule has 0 saturated carbocycles. The van der Waals surface area contributed by atoms with Gasteiger partial charge in [-0.3, -0.25) is 14.2 Å². The predicted molar refractivity (Wildman–Crippen MR) is 149 cm³/mol. The average Bonchev–Trinajstić information content (AvgIpc) is 3.35. The molecule has 0 aliphatic rings. The third kappa shape index (κ3) is 5.24. The highest BCUT2D eigenvalue weighted by Gasteiger charge is 2.31. The number of anilines is 1. The Kier molecular flexibility index (Phi) is 6.57. The van der Waals surface area contributed by atoms with Gasteiger partial charge in [0, 0.05) is 36.7 Å². The van der Waals surface area contributed by atoms with Crippen LogP contribution in [0.25, 0.3) is 27.8 Å². The first-order chi connectivity index (χ1) is 20.2. The molecule has 0 atom stereocenters. The molecule has 1 amide bonds. The molecule has 6 aromatic rings. The highest BCUT2D eigenvalue weighted by Crippen LogP contribution is 2.30. The van der Waals surface area contributed by atoms with Crippen LogP contribution in [0.4, 0.5) is 18.9 Å². The summed E-state index contributed by atoms with van der Waals surface area (Å²) in [5.41, 5.74) is 0.741. The van der Waals surface area contributed by atoms with Gasteiger partial charge in [-0.05, 0) is 78.9 Å². The van der Waals surface area contributed by atoms with Crippen LogP contribution in [0, 0.1) is 0 Å². The lowest BCUT2D eigenvalue weighted by Gasteiger charge is -2.14. The fraction of sp³-hybridized carbons (Fsp3) is 0.0667. The summed E-state index contributed by atoms with van der Waals surface area (Å²) in [6.07, 6.45) is 0.153. The number of pyridine rings is 3. The van der Waals surface area contributed by atoms with E-state index in [9.17, 15) is 22.8 Å². The van der Waals surface area contributed by atoms with E-state index in [1.165, 1.54) is 24.4 Å². The van der Waals surface area contributed by atoms with Crippen LogP contribution >= 0.6 is 0 Å². The van der Waals surface area contributed by atoms with E-state index in [1.54, 1.807) is 48.7 Å². The zero-order valence-electron chi connectivity index (χ0n) is 21.8. The lowest BCUT2D eigenvalue weighted by atomic mass is 10.1. The summed E-state index contributed by atoms with van der Waals surface area (Å²) in [6, 6.07) is 19.7. The molecule has 12 heteroatoms. The number of hydrogen-bond donors (Lipinski definition) is 1. The topological polar surface area (TPSA) is 100 Å². The minimum atomic E-state index is -4.86. The molecule has 0 spiro atoms. The van der Waals surface area contributed by atoms with Crippen molar-refractivity contribution in [3.05, 3.63) is 113 Å². The first-order valence-corrected chi connectivity index (χ1v) is 12.5. The number of benzene rings is 2. The Hall–Kier alpha value is -5.65. The van der Waals surface area contributed by atoms with Crippen LogP contribution in [0.2, 0.25) is 0 Å². The van der Waals surface area contributed by atoms with Gasteiger partial charge in [-0.25, -0.2) is 9.97 Å². The molecule has 0 unspecified atom stereocenters. The first kappa shape index (κ1) is 26.6. The number of aromatic nitrogens is 4. The summed E-state index contributed by atoms with van der Waals surface area (Å²) in [6.45, 7) is 0. The molecule has 0 fully saturated rings. The summed E-state index contributed by atoms with van der Waals surface area (Å²) in [7, 11) is 1.89. The average molecular weight is 572 g/mol. The maximum Gasteiger partial charge on any atom is 0.573 e. The molecular formula is C30H20F3N5O4. The van der Waals surface area contributed by atoms with E-state index < -0.39 is 23.6 Å². The maximum absolute atomic E-state index is 13.5.